The molecule has 1 aromatic rings. The van der Waals surface area contributed by atoms with Gasteiger partial charge < -0.3 is 21.7 Å². The first-order chi connectivity index (χ1) is 15.8. The zero-order valence-electron chi connectivity index (χ0n) is 18.9. The Morgan fingerprint density at radius 1 is 1.12 bits per heavy atom. The van der Waals surface area contributed by atoms with Crippen LogP contribution in [0.1, 0.15) is 24.8 Å². The highest BCUT2D eigenvalue weighted by molar-refractivity contribution is 6.30. The van der Waals surface area contributed by atoms with Crippen LogP contribution >= 0.6 is 11.6 Å². The Balaban J connectivity index is 1.58. The van der Waals surface area contributed by atoms with E-state index < -0.39 is 6.04 Å². The van der Waals surface area contributed by atoms with Crippen LogP contribution < -0.4 is 22.2 Å². The van der Waals surface area contributed by atoms with Gasteiger partial charge in [0.2, 0.25) is 5.91 Å². The molecule has 0 spiro atoms. The summed E-state index contributed by atoms with van der Waals surface area (Å²) in [7, 11) is 2.05. The summed E-state index contributed by atoms with van der Waals surface area (Å²) in [5, 5.41) is 5.46. The van der Waals surface area contributed by atoms with Crippen molar-refractivity contribution in [3.8, 4) is 0 Å². The number of hydrogen-bond acceptors (Lipinski definition) is 5. The normalized spacial score (nSPS) is 17.6. The van der Waals surface area contributed by atoms with E-state index in [1.807, 2.05) is 42.4 Å². The molecule has 3 rings (SSSR count). The van der Waals surface area contributed by atoms with Gasteiger partial charge in [-0.1, -0.05) is 35.9 Å². The van der Waals surface area contributed by atoms with E-state index in [-0.39, 0.29) is 17.8 Å². The number of amides is 2. The van der Waals surface area contributed by atoms with Gasteiger partial charge in [0.15, 0.2) is 5.96 Å². The van der Waals surface area contributed by atoms with Gasteiger partial charge in [0.1, 0.15) is 6.04 Å². The summed E-state index contributed by atoms with van der Waals surface area (Å²) < 4.78 is 0. The number of nitrogens with zero attached hydrogens (tertiary/aromatic N) is 3. The largest absolute Gasteiger partial charge is 0.370 e. The number of carbonyl (C=O) groups excluding carboxylic acids is 2. The number of hydrazine groups is 1. The molecule has 33 heavy (non-hydrogen) atoms. The maximum Gasteiger partial charge on any atom is 0.256 e. The number of allylic oxidation sites excluding steroid dienone is 3. The number of likely N-dealkylation sites (N-methyl/N-ethyl adjacent to an activating group) is 1. The van der Waals surface area contributed by atoms with Crippen LogP contribution in [-0.4, -0.2) is 73.5 Å². The fourth-order valence-corrected chi connectivity index (χ4v) is 3.84. The summed E-state index contributed by atoms with van der Waals surface area (Å²) in [6, 6.07) is 6.82. The molecule has 178 valence electrons. The molecule has 6 N–H and O–H groups in total. The minimum absolute atomic E-state index is 0.00869. The summed E-state index contributed by atoms with van der Waals surface area (Å²) in [4.78, 5) is 32.1. The Morgan fingerprint density at radius 3 is 2.48 bits per heavy atom. The van der Waals surface area contributed by atoms with Crippen LogP contribution in [0.25, 0.3) is 5.57 Å². The lowest BCUT2D eigenvalue weighted by Crippen LogP contribution is -2.57. The van der Waals surface area contributed by atoms with Crippen molar-refractivity contribution in [1.29, 1.82) is 0 Å². The van der Waals surface area contributed by atoms with Crippen LogP contribution in [-0.2, 0) is 9.59 Å². The Kier molecular flexibility index (Phi) is 8.87. The second-order valence-corrected chi connectivity index (χ2v) is 8.75. The molecule has 1 aromatic carbocycles. The monoisotopic (exact) mass is 473 g/mol. The van der Waals surface area contributed by atoms with Crippen molar-refractivity contribution >= 4 is 34.9 Å². The molecule has 1 saturated heterocycles. The fourth-order valence-electron chi connectivity index (χ4n) is 3.72. The standard InChI is InChI=1S/C23H32ClN7O2/c1-30-11-13-31(14-12-30)29-22(33)20(3-2-10-27-23(25)26)28-21(32)18-5-4-17(15-18)16-6-8-19(24)9-7-16/h4-9,20H,2-3,10-15H2,1H3,(H,28,32)(H,29,33)(H4,25,26,27). The van der Waals surface area contributed by atoms with Crippen LogP contribution in [0.15, 0.2) is 47.0 Å². The van der Waals surface area contributed by atoms with Crippen molar-refractivity contribution < 1.29 is 9.59 Å². The van der Waals surface area contributed by atoms with Gasteiger partial charge in [-0.25, -0.2) is 5.01 Å². The van der Waals surface area contributed by atoms with Gasteiger partial charge in [-0.15, -0.1) is 0 Å². The number of piperazine rings is 1. The summed E-state index contributed by atoms with van der Waals surface area (Å²) in [6.07, 6.45) is 5.21. The van der Waals surface area contributed by atoms with Crippen molar-refractivity contribution in [1.82, 2.24) is 20.7 Å². The van der Waals surface area contributed by atoms with Crippen LogP contribution in [0.3, 0.4) is 0 Å². The van der Waals surface area contributed by atoms with Crippen LogP contribution in [0.2, 0.25) is 5.02 Å². The molecule has 1 unspecified atom stereocenters. The molecule has 1 aliphatic heterocycles. The summed E-state index contributed by atoms with van der Waals surface area (Å²) in [5.41, 5.74) is 16.4. The number of benzene rings is 1. The third kappa shape index (κ3) is 7.59. The van der Waals surface area contributed by atoms with E-state index in [0.29, 0.717) is 36.4 Å². The number of hydrogen-bond donors (Lipinski definition) is 4. The maximum absolute atomic E-state index is 13.0. The SMILES string of the molecule is CN1CCN(NC(=O)C(CCCN=C(N)N)NC(=O)C2=CC=C(c3ccc(Cl)cc3)C2)CC1. The molecular formula is C23H32ClN7O2. The zero-order valence-corrected chi connectivity index (χ0v) is 19.6. The van der Waals surface area contributed by atoms with Gasteiger partial charge >= 0.3 is 0 Å². The number of rotatable bonds is 9. The highest BCUT2D eigenvalue weighted by Gasteiger charge is 2.26. The topological polar surface area (TPSA) is 129 Å². The van der Waals surface area contributed by atoms with E-state index in [1.54, 1.807) is 6.08 Å². The highest BCUT2D eigenvalue weighted by atomic mass is 35.5. The fraction of sp³-hybridized carbons (Fsp3) is 0.435. The first-order valence-electron chi connectivity index (χ1n) is 11.1. The van der Waals surface area contributed by atoms with Gasteiger partial charge in [-0.05, 0) is 43.2 Å². The molecule has 1 aliphatic carbocycles. The van der Waals surface area contributed by atoms with Crippen molar-refractivity contribution in [3.05, 3.63) is 52.6 Å². The van der Waals surface area contributed by atoms with Crippen LogP contribution in [0, 0.1) is 0 Å². The Labute approximate surface area is 199 Å². The van der Waals surface area contributed by atoms with Crippen molar-refractivity contribution in [2.24, 2.45) is 16.5 Å². The quantitative estimate of drug-likeness (QED) is 0.239. The van der Waals surface area contributed by atoms with Gasteiger partial charge in [0.05, 0.1) is 0 Å². The van der Waals surface area contributed by atoms with Crippen LogP contribution in [0.5, 0.6) is 0 Å². The van der Waals surface area contributed by atoms with E-state index in [1.165, 1.54) is 0 Å². The van der Waals surface area contributed by atoms with Crippen molar-refractivity contribution in [2.45, 2.75) is 25.3 Å². The van der Waals surface area contributed by atoms with Crippen molar-refractivity contribution in [3.63, 3.8) is 0 Å². The Bertz CT molecular complexity index is 931. The molecule has 2 amide bonds. The van der Waals surface area contributed by atoms with Crippen molar-refractivity contribution in [2.75, 3.05) is 39.8 Å². The lowest BCUT2D eigenvalue weighted by atomic mass is 10.0. The molecule has 10 heteroatoms. The number of halogens is 1. The minimum Gasteiger partial charge on any atom is -0.370 e. The molecule has 0 bridgehead atoms. The molecule has 9 nitrogen and oxygen atoms in total. The second kappa shape index (κ2) is 11.8. The maximum atomic E-state index is 13.0. The van der Waals surface area contributed by atoms with E-state index in [4.69, 9.17) is 23.1 Å². The van der Waals surface area contributed by atoms with E-state index >= 15 is 0 Å². The number of carbonyl (C=O) groups is 2. The summed E-state index contributed by atoms with van der Waals surface area (Å²) in [5.74, 6) is -0.480. The first-order valence-corrected chi connectivity index (χ1v) is 11.5. The number of nitrogens with one attached hydrogen (secondary N) is 2. The van der Waals surface area contributed by atoms with E-state index in [2.05, 4.69) is 20.6 Å². The van der Waals surface area contributed by atoms with Crippen LogP contribution in [0.4, 0.5) is 0 Å². The minimum atomic E-state index is -0.688. The molecule has 0 radical (unpaired) electrons. The summed E-state index contributed by atoms with van der Waals surface area (Å²) in [6.45, 7) is 3.59. The average Bonchev–Trinajstić information content (AvgIpc) is 3.28. The number of nitrogens with two attached hydrogens (primary N) is 2. The lowest BCUT2D eigenvalue weighted by Gasteiger charge is -2.33. The Hall–Kier alpha value is -2.88. The molecule has 1 atom stereocenters. The molecule has 1 fully saturated rings. The highest BCUT2D eigenvalue weighted by Crippen LogP contribution is 2.29. The average molecular weight is 474 g/mol. The van der Waals surface area contributed by atoms with Gasteiger partial charge in [-0.3, -0.25) is 20.0 Å². The number of aliphatic imine (C=N–C) groups is 1. The predicted octanol–water partition coefficient (Wildman–Crippen LogP) is 0.871. The predicted molar refractivity (Wildman–Crippen MR) is 131 cm³/mol. The second-order valence-electron chi connectivity index (χ2n) is 8.31. The molecule has 0 aromatic heterocycles. The van der Waals surface area contributed by atoms with E-state index in [9.17, 15) is 9.59 Å². The summed E-state index contributed by atoms with van der Waals surface area (Å²) >= 11 is 5.97. The van der Waals surface area contributed by atoms with Gasteiger partial charge in [0.25, 0.3) is 5.91 Å². The molecule has 2 aliphatic rings. The zero-order chi connectivity index (χ0) is 23.8. The molecule has 0 saturated carbocycles. The smallest absolute Gasteiger partial charge is 0.256 e. The third-order valence-electron chi connectivity index (χ3n) is 5.71. The Morgan fingerprint density at radius 2 is 1.82 bits per heavy atom. The van der Waals surface area contributed by atoms with E-state index in [0.717, 1.165) is 37.3 Å². The molecular weight excluding hydrogens is 442 g/mol. The molecule has 1 heterocycles. The van der Waals surface area contributed by atoms with Gasteiger partial charge in [-0.2, -0.15) is 0 Å². The lowest BCUT2D eigenvalue weighted by molar-refractivity contribution is -0.132. The third-order valence-corrected chi connectivity index (χ3v) is 5.96. The van der Waals surface area contributed by atoms with Gasteiger partial charge in [0, 0.05) is 49.7 Å². The first kappa shape index (κ1) is 24.8. The number of guanidine groups is 1.